The SMILES string of the molecule is Cc1nn(-c2ccccc2)c(Oc2ccccc2Cl)c1CN(CC1CC1)C[C@H](O)COC(C)(C)C. The van der Waals surface area contributed by atoms with Crippen molar-refractivity contribution in [3.63, 3.8) is 0 Å². The second-order valence-corrected chi connectivity index (χ2v) is 10.8. The van der Waals surface area contributed by atoms with Crippen LogP contribution in [0, 0.1) is 12.8 Å². The van der Waals surface area contributed by atoms with Crippen molar-refractivity contribution in [3.05, 3.63) is 70.9 Å². The van der Waals surface area contributed by atoms with Gasteiger partial charge >= 0.3 is 0 Å². The third-order valence-electron chi connectivity index (χ3n) is 5.95. The lowest BCUT2D eigenvalue weighted by atomic mass is 10.2. The van der Waals surface area contributed by atoms with Crippen molar-refractivity contribution in [1.82, 2.24) is 14.7 Å². The zero-order valence-electron chi connectivity index (χ0n) is 21.1. The Kier molecular flexibility index (Phi) is 8.17. The summed E-state index contributed by atoms with van der Waals surface area (Å²) in [7, 11) is 0. The molecule has 1 fully saturated rings. The van der Waals surface area contributed by atoms with E-state index >= 15 is 0 Å². The Bertz CT molecular complexity index is 1110. The summed E-state index contributed by atoms with van der Waals surface area (Å²) in [6, 6.07) is 17.4. The first kappa shape index (κ1) is 25.7. The fraction of sp³-hybridized carbons (Fsp3) is 0.464. The fourth-order valence-electron chi connectivity index (χ4n) is 3.99. The van der Waals surface area contributed by atoms with Crippen LogP contribution in [0.25, 0.3) is 5.69 Å². The summed E-state index contributed by atoms with van der Waals surface area (Å²) in [5, 5.41) is 16.1. The predicted molar refractivity (Wildman–Crippen MR) is 140 cm³/mol. The molecule has 2 aromatic carbocycles. The maximum absolute atomic E-state index is 10.8. The number of aryl methyl sites for hydroxylation is 1. The number of aliphatic hydroxyl groups excluding tert-OH is 1. The number of hydrogen-bond acceptors (Lipinski definition) is 5. The molecule has 7 heteroatoms. The number of ether oxygens (including phenoxy) is 2. The molecule has 3 aromatic rings. The number of nitrogens with zero attached hydrogens (tertiary/aromatic N) is 3. The van der Waals surface area contributed by atoms with Crippen LogP contribution in [0.1, 0.15) is 44.9 Å². The van der Waals surface area contributed by atoms with Crippen LogP contribution in [0.5, 0.6) is 11.6 Å². The monoisotopic (exact) mass is 497 g/mol. The van der Waals surface area contributed by atoms with Gasteiger partial charge < -0.3 is 14.6 Å². The summed E-state index contributed by atoms with van der Waals surface area (Å²) in [4.78, 5) is 2.30. The predicted octanol–water partition coefficient (Wildman–Crippen LogP) is 6.01. The lowest BCUT2D eigenvalue weighted by Gasteiger charge is -2.27. The van der Waals surface area contributed by atoms with Gasteiger partial charge in [0, 0.05) is 19.6 Å². The van der Waals surface area contributed by atoms with Gasteiger partial charge in [-0.15, -0.1) is 0 Å². The zero-order chi connectivity index (χ0) is 25.0. The molecular weight excluding hydrogens is 462 g/mol. The lowest BCUT2D eigenvalue weighted by Crippen LogP contribution is -2.37. The number of hydrogen-bond donors (Lipinski definition) is 1. The van der Waals surface area contributed by atoms with E-state index in [1.165, 1.54) is 12.8 Å². The lowest BCUT2D eigenvalue weighted by molar-refractivity contribution is -0.0569. The summed E-state index contributed by atoms with van der Waals surface area (Å²) in [5.74, 6) is 1.89. The van der Waals surface area contributed by atoms with Crippen LogP contribution in [0.3, 0.4) is 0 Å². The minimum atomic E-state index is -0.578. The third-order valence-corrected chi connectivity index (χ3v) is 6.27. The minimum absolute atomic E-state index is 0.286. The highest BCUT2D eigenvalue weighted by Gasteiger charge is 2.28. The number of rotatable bonds is 11. The Labute approximate surface area is 213 Å². The van der Waals surface area contributed by atoms with Gasteiger partial charge in [0.2, 0.25) is 5.88 Å². The van der Waals surface area contributed by atoms with E-state index in [1.54, 1.807) is 0 Å². The van der Waals surface area contributed by atoms with Gasteiger partial charge in [-0.05, 0) is 70.7 Å². The Morgan fingerprint density at radius 3 is 2.46 bits per heavy atom. The Hall–Kier alpha value is -2.38. The van der Waals surface area contributed by atoms with E-state index < -0.39 is 6.10 Å². The molecule has 1 aromatic heterocycles. The number of halogens is 1. The summed E-state index contributed by atoms with van der Waals surface area (Å²) < 4.78 is 14.1. The molecule has 0 bridgehead atoms. The van der Waals surface area contributed by atoms with Crippen LogP contribution < -0.4 is 4.74 Å². The van der Waals surface area contributed by atoms with Crippen molar-refractivity contribution in [3.8, 4) is 17.3 Å². The Balaban J connectivity index is 1.63. The van der Waals surface area contributed by atoms with E-state index in [4.69, 9.17) is 26.2 Å². The van der Waals surface area contributed by atoms with Crippen LogP contribution in [0.2, 0.25) is 5.02 Å². The van der Waals surface area contributed by atoms with Crippen LogP contribution in [-0.2, 0) is 11.3 Å². The minimum Gasteiger partial charge on any atom is -0.437 e. The first-order valence-electron chi connectivity index (χ1n) is 12.3. The Morgan fingerprint density at radius 1 is 1.11 bits per heavy atom. The van der Waals surface area contributed by atoms with Crippen molar-refractivity contribution >= 4 is 11.6 Å². The molecule has 1 saturated carbocycles. The smallest absolute Gasteiger partial charge is 0.227 e. The average Bonchev–Trinajstić information content (AvgIpc) is 3.58. The number of benzene rings is 2. The molecule has 0 spiro atoms. The number of aliphatic hydroxyl groups is 1. The summed E-state index contributed by atoms with van der Waals surface area (Å²) in [6.07, 6.45) is 1.89. The van der Waals surface area contributed by atoms with Crippen LogP contribution in [-0.4, -0.2) is 51.2 Å². The zero-order valence-corrected chi connectivity index (χ0v) is 21.8. The standard InChI is InChI=1S/C28H36ClN3O3/c1-20-24(18-31(16-21-14-15-21)17-23(33)19-34-28(2,3)4)27(35-26-13-9-8-12-25(26)29)32(30-20)22-10-6-5-7-11-22/h5-13,21,23,33H,14-19H2,1-4H3/t23-/m0/s1. The van der Waals surface area contributed by atoms with E-state index in [0.29, 0.717) is 42.3 Å². The molecular formula is C28H36ClN3O3. The van der Waals surface area contributed by atoms with E-state index in [1.807, 2.05) is 87.0 Å². The van der Waals surface area contributed by atoms with Crippen molar-refractivity contribution in [2.75, 3.05) is 19.7 Å². The number of aromatic nitrogens is 2. The quantitative estimate of drug-likeness (QED) is 0.351. The van der Waals surface area contributed by atoms with Crippen molar-refractivity contribution < 1.29 is 14.6 Å². The second kappa shape index (κ2) is 11.1. The largest absolute Gasteiger partial charge is 0.437 e. The van der Waals surface area contributed by atoms with Crippen molar-refractivity contribution in [1.29, 1.82) is 0 Å². The molecule has 1 aliphatic carbocycles. The summed E-state index contributed by atoms with van der Waals surface area (Å²) in [5.41, 5.74) is 2.50. The van der Waals surface area contributed by atoms with Gasteiger partial charge in [0.05, 0.1) is 40.3 Å². The molecule has 6 nitrogen and oxygen atoms in total. The Morgan fingerprint density at radius 2 is 1.80 bits per heavy atom. The molecule has 4 rings (SSSR count). The highest BCUT2D eigenvalue weighted by Crippen LogP contribution is 2.36. The molecule has 0 saturated heterocycles. The molecule has 1 atom stereocenters. The fourth-order valence-corrected chi connectivity index (χ4v) is 4.17. The van der Waals surface area contributed by atoms with Crippen LogP contribution in [0.4, 0.5) is 0 Å². The van der Waals surface area contributed by atoms with Gasteiger partial charge in [0.15, 0.2) is 0 Å². The molecule has 35 heavy (non-hydrogen) atoms. The van der Waals surface area contributed by atoms with Crippen molar-refractivity contribution in [2.45, 2.75) is 58.8 Å². The molecule has 1 heterocycles. The van der Waals surface area contributed by atoms with E-state index in [2.05, 4.69) is 4.90 Å². The van der Waals surface area contributed by atoms with Gasteiger partial charge in [-0.2, -0.15) is 5.10 Å². The highest BCUT2D eigenvalue weighted by atomic mass is 35.5. The normalized spacial score (nSPS) is 14.9. The van der Waals surface area contributed by atoms with E-state index in [-0.39, 0.29) is 5.60 Å². The second-order valence-electron chi connectivity index (χ2n) is 10.4. The number of para-hydroxylation sites is 2. The van der Waals surface area contributed by atoms with Crippen LogP contribution in [0.15, 0.2) is 54.6 Å². The third kappa shape index (κ3) is 7.31. The van der Waals surface area contributed by atoms with Gasteiger partial charge in [0.1, 0.15) is 5.75 Å². The maximum atomic E-state index is 10.8. The van der Waals surface area contributed by atoms with E-state index in [9.17, 15) is 5.11 Å². The summed E-state index contributed by atoms with van der Waals surface area (Å²) in [6.45, 7) is 10.4. The molecule has 0 unspecified atom stereocenters. The summed E-state index contributed by atoms with van der Waals surface area (Å²) >= 11 is 6.44. The van der Waals surface area contributed by atoms with Gasteiger partial charge in [-0.1, -0.05) is 41.9 Å². The first-order chi connectivity index (χ1) is 16.7. The molecule has 188 valence electrons. The average molecular weight is 498 g/mol. The van der Waals surface area contributed by atoms with Gasteiger partial charge in [-0.25, -0.2) is 4.68 Å². The van der Waals surface area contributed by atoms with E-state index in [0.717, 1.165) is 23.5 Å². The maximum Gasteiger partial charge on any atom is 0.227 e. The van der Waals surface area contributed by atoms with Gasteiger partial charge in [0.25, 0.3) is 0 Å². The first-order valence-corrected chi connectivity index (χ1v) is 12.7. The highest BCUT2D eigenvalue weighted by molar-refractivity contribution is 6.32. The molecule has 0 amide bonds. The molecule has 1 N–H and O–H groups in total. The van der Waals surface area contributed by atoms with Crippen LogP contribution >= 0.6 is 11.6 Å². The van der Waals surface area contributed by atoms with Crippen molar-refractivity contribution in [2.24, 2.45) is 5.92 Å². The topological polar surface area (TPSA) is 59.8 Å². The van der Waals surface area contributed by atoms with Gasteiger partial charge in [-0.3, -0.25) is 4.90 Å². The molecule has 1 aliphatic rings. The molecule has 0 radical (unpaired) electrons. The molecule has 0 aliphatic heterocycles.